The molecule has 0 N–H and O–H groups in total. The van der Waals surface area contributed by atoms with Gasteiger partial charge in [-0.1, -0.05) is 5.16 Å². The Hall–Kier alpha value is -2.54. The van der Waals surface area contributed by atoms with Crippen LogP contribution >= 0.6 is 0 Å². The number of nitrogens with zero attached hydrogens (tertiary/aromatic N) is 4. The number of terminal acetylenes is 1. The first kappa shape index (κ1) is 17.8. The standard InChI is InChI=1S/C17H22N4O3/c1-5-6-8-13-19-14(24-20-13)17(11-18)9-7-10-21(12-17)15(22)23-16(2,3)4/h1H,6-10,12H2,2-4H3. The van der Waals surface area contributed by atoms with Crippen LogP contribution in [0.25, 0.3) is 0 Å². The first-order chi connectivity index (χ1) is 11.3. The number of rotatable bonds is 3. The van der Waals surface area contributed by atoms with Crippen LogP contribution in [0.4, 0.5) is 4.79 Å². The normalized spacial score (nSPS) is 21.0. The van der Waals surface area contributed by atoms with E-state index in [9.17, 15) is 10.1 Å². The molecule has 0 aliphatic carbocycles. The number of piperidine rings is 1. The Kier molecular flexibility index (Phi) is 5.14. The van der Waals surface area contributed by atoms with Crippen molar-refractivity contribution in [2.75, 3.05) is 13.1 Å². The lowest BCUT2D eigenvalue weighted by Crippen LogP contribution is -2.49. The number of likely N-dealkylation sites (tertiary alicyclic amines) is 1. The third-order valence-electron chi connectivity index (χ3n) is 3.73. The molecule has 0 spiro atoms. The Labute approximate surface area is 142 Å². The van der Waals surface area contributed by atoms with Crippen molar-refractivity contribution in [1.82, 2.24) is 15.0 Å². The van der Waals surface area contributed by atoms with Crippen LogP contribution in [0.1, 0.15) is 51.7 Å². The van der Waals surface area contributed by atoms with Gasteiger partial charge in [-0.2, -0.15) is 10.2 Å². The molecule has 0 saturated carbocycles. The summed E-state index contributed by atoms with van der Waals surface area (Å²) in [6.45, 7) is 6.14. The van der Waals surface area contributed by atoms with Crippen molar-refractivity contribution in [3.05, 3.63) is 11.7 Å². The molecule has 1 amide bonds. The van der Waals surface area contributed by atoms with E-state index in [0.29, 0.717) is 38.1 Å². The van der Waals surface area contributed by atoms with Gasteiger partial charge in [0, 0.05) is 19.4 Å². The van der Waals surface area contributed by atoms with Crippen LogP contribution < -0.4 is 0 Å². The van der Waals surface area contributed by atoms with Gasteiger partial charge in [-0.15, -0.1) is 12.3 Å². The minimum Gasteiger partial charge on any atom is -0.444 e. The predicted molar refractivity (Wildman–Crippen MR) is 85.8 cm³/mol. The van der Waals surface area contributed by atoms with Crippen LogP contribution in [-0.4, -0.2) is 39.8 Å². The van der Waals surface area contributed by atoms with E-state index in [-0.39, 0.29) is 12.4 Å². The molecule has 128 valence electrons. The molecule has 2 heterocycles. The summed E-state index contributed by atoms with van der Waals surface area (Å²) < 4.78 is 10.7. The van der Waals surface area contributed by atoms with Gasteiger partial charge >= 0.3 is 6.09 Å². The molecule has 1 aromatic heterocycles. The second kappa shape index (κ2) is 6.92. The van der Waals surface area contributed by atoms with Gasteiger partial charge in [0.05, 0.1) is 12.6 Å². The molecule has 0 bridgehead atoms. The summed E-state index contributed by atoms with van der Waals surface area (Å²) in [5.41, 5.74) is -1.59. The highest BCUT2D eigenvalue weighted by molar-refractivity contribution is 5.68. The quantitative estimate of drug-likeness (QED) is 0.790. The summed E-state index contributed by atoms with van der Waals surface area (Å²) in [7, 11) is 0. The van der Waals surface area contributed by atoms with Gasteiger partial charge in [-0.25, -0.2) is 4.79 Å². The number of amides is 1. The van der Waals surface area contributed by atoms with Crippen molar-refractivity contribution < 1.29 is 14.1 Å². The lowest BCUT2D eigenvalue weighted by atomic mass is 9.81. The average Bonchev–Trinajstić information content (AvgIpc) is 3.00. The summed E-state index contributed by atoms with van der Waals surface area (Å²) in [5.74, 6) is 3.24. The smallest absolute Gasteiger partial charge is 0.410 e. The monoisotopic (exact) mass is 330 g/mol. The number of aryl methyl sites for hydroxylation is 1. The second-order valence-electron chi connectivity index (χ2n) is 6.92. The lowest BCUT2D eigenvalue weighted by molar-refractivity contribution is 0.0151. The topological polar surface area (TPSA) is 92.2 Å². The maximum absolute atomic E-state index is 12.3. The van der Waals surface area contributed by atoms with Gasteiger partial charge in [0.15, 0.2) is 11.2 Å². The Morgan fingerprint density at radius 3 is 2.92 bits per heavy atom. The Morgan fingerprint density at radius 1 is 1.54 bits per heavy atom. The summed E-state index contributed by atoms with van der Waals surface area (Å²) in [6, 6.07) is 2.26. The first-order valence-corrected chi connectivity index (χ1v) is 7.95. The molecule has 1 aromatic rings. The third-order valence-corrected chi connectivity index (χ3v) is 3.73. The van der Waals surface area contributed by atoms with E-state index in [1.54, 1.807) is 0 Å². The van der Waals surface area contributed by atoms with E-state index in [4.69, 9.17) is 15.7 Å². The molecule has 1 fully saturated rings. The number of ether oxygens (including phenoxy) is 1. The average molecular weight is 330 g/mol. The highest BCUT2D eigenvalue weighted by Gasteiger charge is 2.44. The van der Waals surface area contributed by atoms with Crippen LogP contribution in [0.3, 0.4) is 0 Å². The highest BCUT2D eigenvalue weighted by atomic mass is 16.6. The van der Waals surface area contributed by atoms with Crippen LogP contribution in [0, 0.1) is 23.7 Å². The molecule has 1 aliphatic heterocycles. The molecular formula is C17H22N4O3. The minimum absolute atomic E-state index is 0.176. The molecule has 7 heteroatoms. The third kappa shape index (κ3) is 4.05. The molecule has 1 unspecified atom stereocenters. The zero-order chi connectivity index (χ0) is 17.8. The summed E-state index contributed by atoms with van der Waals surface area (Å²) in [6.07, 6.45) is 7.01. The minimum atomic E-state index is -1.00. The summed E-state index contributed by atoms with van der Waals surface area (Å²) in [5, 5.41) is 13.6. The fraction of sp³-hybridized carbons (Fsp3) is 0.647. The first-order valence-electron chi connectivity index (χ1n) is 7.95. The van der Waals surface area contributed by atoms with Gasteiger partial charge in [-0.05, 0) is 33.6 Å². The van der Waals surface area contributed by atoms with E-state index in [0.717, 1.165) is 0 Å². The van der Waals surface area contributed by atoms with Crippen molar-refractivity contribution in [1.29, 1.82) is 5.26 Å². The van der Waals surface area contributed by atoms with E-state index in [2.05, 4.69) is 22.1 Å². The number of hydrogen-bond acceptors (Lipinski definition) is 6. The van der Waals surface area contributed by atoms with Gasteiger partial charge in [0.2, 0.25) is 5.89 Å². The van der Waals surface area contributed by atoms with Crippen LogP contribution in [0.2, 0.25) is 0 Å². The van der Waals surface area contributed by atoms with Crippen molar-refractivity contribution in [3.8, 4) is 18.4 Å². The molecule has 7 nitrogen and oxygen atoms in total. The molecule has 0 aromatic carbocycles. The lowest BCUT2D eigenvalue weighted by Gasteiger charge is -2.36. The molecule has 2 rings (SSSR count). The zero-order valence-electron chi connectivity index (χ0n) is 14.3. The maximum Gasteiger partial charge on any atom is 0.410 e. The van der Waals surface area contributed by atoms with Crippen molar-refractivity contribution in [2.45, 2.75) is 57.5 Å². The van der Waals surface area contributed by atoms with Crippen molar-refractivity contribution in [2.24, 2.45) is 0 Å². The Bertz CT molecular complexity index is 677. The van der Waals surface area contributed by atoms with E-state index < -0.39 is 17.1 Å². The zero-order valence-corrected chi connectivity index (χ0v) is 14.3. The number of nitriles is 1. The van der Waals surface area contributed by atoms with Crippen molar-refractivity contribution >= 4 is 6.09 Å². The van der Waals surface area contributed by atoms with E-state index >= 15 is 0 Å². The molecule has 1 atom stereocenters. The fourth-order valence-electron chi connectivity index (χ4n) is 2.59. The number of aromatic nitrogens is 2. The molecule has 24 heavy (non-hydrogen) atoms. The number of carbonyl (C=O) groups excluding carboxylic acids is 1. The van der Waals surface area contributed by atoms with Crippen molar-refractivity contribution in [3.63, 3.8) is 0 Å². The van der Waals surface area contributed by atoms with Gasteiger partial charge < -0.3 is 14.2 Å². The van der Waals surface area contributed by atoms with E-state index in [1.165, 1.54) is 4.90 Å². The van der Waals surface area contributed by atoms with Crippen LogP contribution in [-0.2, 0) is 16.6 Å². The predicted octanol–water partition coefficient (Wildman–Crippen LogP) is 2.43. The summed E-state index contributed by atoms with van der Waals surface area (Å²) in [4.78, 5) is 18.1. The molecule has 1 aliphatic rings. The molecular weight excluding hydrogens is 308 g/mol. The molecule has 1 saturated heterocycles. The Morgan fingerprint density at radius 2 is 2.29 bits per heavy atom. The van der Waals surface area contributed by atoms with Gasteiger partial charge in [-0.3, -0.25) is 0 Å². The summed E-state index contributed by atoms with van der Waals surface area (Å²) >= 11 is 0. The largest absolute Gasteiger partial charge is 0.444 e. The maximum atomic E-state index is 12.3. The van der Waals surface area contributed by atoms with Gasteiger partial charge in [0.1, 0.15) is 5.60 Å². The number of carbonyl (C=O) groups is 1. The van der Waals surface area contributed by atoms with Crippen LogP contribution in [0.5, 0.6) is 0 Å². The van der Waals surface area contributed by atoms with E-state index in [1.807, 2.05) is 20.8 Å². The second-order valence-corrected chi connectivity index (χ2v) is 6.92. The van der Waals surface area contributed by atoms with Gasteiger partial charge in [0.25, 0.3) is 0 Å². The molecule has 0 radical (unpaired) electrons. The SMILES string of the molecule is C#CCCc1noc(C2(C#N)CCCN(C(=O)OC(C)(C)C)C2)n1. The van der Waals surface area contributed by atoms with Crippen LogP contribution in [0.15, 0.2) is 4.52 Å². The number of hydrogen-bond donors (Lipinski definition) is 0. The fourth-order valence-corrected chi connectivity index (χ4v) is 2.59. The Balaban J connectivity index is 2.17. The highest BCUT2D eigenvalue weighted by Crippen LogP contribution is 2.33.